The van der Waals surface area contributed by atoms with Gasteiger partial charge < -0.3 is 20.5 Å². The number of pyridine rings is 2. The van der Waals surface area contributed by atoms with Crippen LogP contribution < -0.4 is 20.5 Å². The highest BCUT2D eigenvalue weighted by Gasteiger charge is 2.44. The number of rotatable bonds is 8. The molecule has 8 nitrogen and oxygen atoms in total. The van der Waals surface area contributed by atoms with Crippen LogP contribution >= 0.6 is 11.6 Å². The van der Waals surface area contributed by atoms with E-state index in [0.29, 0.717) is 62.0 Å². The number of nitrogens with zero attached hydrogens (tertiary/aromatic N) is 2. The maximum Gasteiger partial charge on any atom is 0.251 e. The lowest BCUT2D eigenvalue weighted by molar-refractivity contribution is -0.123. The second-order valence-corrected chi connectivity index (χ2v) is 12.0. The number of methoxy groups -OCH3 is 1. The van der Waals surface area contributed by atoms with Crippen LogP contribution in [-0.2, 0) is 10.2 Å². The largest absolute Gasteiger partial charge is 0.494 e. The minimum Gasteiger partial charge on any atom is -0.494 e. The lowest BCUT2D eigenvalue weighted by Gasteiger charge is -2.34. The van der Waals surface area contributed by atoms with Crippen molar-refractivity contribution in [1.82, 2.24) is 15.3 Å². The second kappa shape index (κ2) is 11.1. The highest BCUT2D eigenvalue weighted by Crippen LogP contribution is 2.47. The number of nitrogens with two attached hydrogens (primary N) is 1. The molecule has 3 heterocycles. The Kier molecular flexibility index (Phi) is 7.46. The van der Waals surface area contributed by atoms with E-state index in [9.17, 15) is 14.0 Å². The number of aryl methyl sites for hydroxylation is 1. The van der Waals surface area contributed by atoms with E-state index in [0.717, 1.165) is 25.0 Å². The van der Waals surface area contributed by atoms with Crippen molar-refractivity contribution in [2.24, 2.45) is 11.7 Å². The molecule has 2 atom stereocenters. The number of aromatic nitrogens is 2. The summed E-state index contributed by atoms with van der Waals surface area (Å²) in [5, 5.41) is 4.31. The summed E-state index contributed by atoms with van der Waals surface area (Å²) in [4.78, 5) is 35.7. The quantitative estimate of drug-likeness (QED) is 0.261. The number of fused-ring (bicyclic) bond motifs is 2. The molecule has 3 N–H and O–H groups in total. The molecule has 0 saturated heterocycles. The Morgan fingerprint density at radius 2 is 1.93 bits per heavy atom. The average Bonchev–Trinajstić information content (AvgIpc) is 3.31. The highest BCUT2D eigenvalue weighted by molar-refractivity contribution is 6.31. The molecule has 10 heteroatoms. The fraction of sp³-hybridized carbons (Fsp3) is 0.333. The summed E-state index contributed by atoms with van der Waals surface area (Å²) < 4.78 is 25.3. The predicted molar refractivity (Wildman–Crippen MR) is 162 cm³/mol. The minimum atomic E-state index is -1.05. The summed E-state index contributed by atoms with van der Waals surface area (Å²) in [5.41, 5.74) is 9.08. The molecule has 2 aromatic carbocycles. The fourth-order valence-electron chi connectivity index (χ4n) is 5.87. The van der Waals surface area contributed by atoms with Crippen LogP contribution in [0.15, 0.2) is 48.5 Å². The van der Waals surface area contributed by atoms with Crippen molar-refractivity contribution in [3.05, 3.63) is 81.9 Å². The molecule has 2 amide bonds. The van der Waals surface area contributed by atoms with Crippen LogP contribution in [0.1, 0.15) is 59.4 Å². The standard InChI is InChI=1S/C33H32ClFN4O4/c1-17-25(34)12-20-11-21(13-27(42-3)28(20)38-17)31(40)37-15-23(18-5-4-6-18)26-14-24-30(43-16-33(24,2)32(36)41)29(39-26)19-7-9-22(35)10-8-19/h7-14,18,23H,4-6,15-16H2,1-3H3,(H2,36,41)(H,37,40)/t23-,33-/m0/s1. The molecule has 1 saturated carbocycles. The average molecular weight is 603 g/mol. The van der Waals surface area contributed by atoms with Gasteiger partial charge in [-0.15, -0.1) is 0 Å². The fourth-order valence-corrected chi connectivity index (χ4v) is 6.03. The predicted octanol–water partition coefficient (Wildman–Crippen LogP) is 5.86. The monoisotopic (exact) mass is 602 g/mol. The first-order chi connectivity index (χ1) is 20.6. The Morgan fingerprint density at radius 3 is 2.58 bits per heavy atom. The molecule has 0 radical (unpaired) electrons. The molecule has 1 aliphatic heterocycles. The van der Waals surface area contributed by atoms with Gasteiger partial charge in [-0.1, -0.05) is 18.0 Å². The van der Waals surface area contributed by atoms with Gasteiger partial charge in [-0.25, -0.2) is 14.4 Å². The number of amides is 2. The van der Waals surface area contributed by atoms with Crippen LogP contribution in [0.2, 0.25) is 5.02 Å². The molecule has 4 aromatic rings. The number of carbonyl (C=O) groups excluding carboxylic acids is 2. The van der Waals surface area contributed by atoms with E-state index in [4.69, 9.17) is 31.8 Å². The van der Waals surface area contributed by atoms with E-state index in [1.165, 1.54) is 19.2 Å². The first kappa shape index (κ1) is 28.9. The van der Waals surface area contributed by atoms with Crippen LogP contribution in [0, 0.1) is 18.7 Å². The molecule has 0 spiro atoms. The molecule has 43 heavy (non-hydrogen) atoms. The van der Waals surface area contributed by atoms with Crippen molar-refractivity contribution >= 4 is 34.3 Å². The van der Waals surface area contributed by atoms with E-state index in [2.05, 4.69) is 10.3 Å². The maximum atomic E-state index is 13.8. The first-order valence-electron chi connectivity index (χ1n) is 14.3. The smallest absolute Gasteiger partial charge is 0.251 e. The lowest BCUT2D eigenvalue weighted by Crippen LogP contribution is -2.40. The first-order valence-corrected chi connectivity index (χ1v) is 14.6. The molecule has 0 unspecified atom stereocenters. The summed E-state index contributed by atoms with van der Waals surface area (Å²) in [7, 11) is 1.54. The number of nitrogens with one attached hydrogen (secondary N) is 1. The van der Waals surface area contributed by atoms with Gasteiger partial charge in [-0.3, -0.25) is 9.59 Å². The third-order valence-electron chi connectivity index (χ3n) is 8.83. The number of ether oxygens (including phenoxy) is 2. The summed E-state index contributed by atoms with van der Waals surface area (Å²) in [6.07, 6.45) is 3.06. The van der Waals surface area contributed by atoms with Crippen molar-refractivity contribution in [2.45, 2.75) is 44.4 Å². The van der Waals surface area contributed by atoms with Gasteiger partial charge in [0.1, 0.15) is 40.5 Å². The zero-order valence-electron chi connectivity index (χ0n) is 24.2. The zero-order chi connectivity index (χ0) is 30.5. The van der Waals surface area contributed by atoms with E-state index in [-0.39, 0.29) is 30.2 Å². The van der Waals surface area contributed by atoms with Gasteiger partial charge in [-0.2, -0.15) is 0 Å². The summed E-state index contributed by atoms with van der Waals surface area (Å²) in [5.74, 6) is -0.0459. The Hall–Kier alpha value is -4.24. The van der Waals surface area contributed by atoms with Crippen LogP contribution in [0.5, 0.6) is 11.5 Å². The SMILES string of the molecule is COc1cc(C(=O)NC[C@H](c2cc3c(c(-c4ccc(F)cc4)n2)OC[C@]3(C)C(N)=O)C2CCC2)cc2cc(Cl)c(C)nc12. The molecule has 2 aromatic heterocycles. The van der Waals surface area contributed by atoms with E-state index < -0.39 is 11.3 Å². The minimum absolute atomic E-state index is 0.0873. The van der Waals surface area contributed by atoms with Crippen LogP contribution in [0.4, 0.5) is 4.39 Å². The molecule has 1 fully saturated rings. The Balaban J connectivity index is 1.37. The molecular formula is C33H32ClFN4O4. The van der Waals surface area contributed by atoms with Crippen LogP contribution in [-0.4, -0.2) is 42.0 Å². The second-order valence-electron chi connectivity index (χ2n) is 11.6. The number of halogens is 2. The highest BCUT2D eigenvalue weighted by atomic mass is 35.5. The van der Waals surface area contributed by atoms with E-state index in [1.54, 1.807) is 37.3 Å². The molecular weight excluding hydrogens is 571 g/mol. The number of hydrogen-bond donors (Lipinski definition) is 2. The number of primary amides is 1. The van der Waals surface area contributed by atoms with Crippen LogP contribution in [0.3, 0.4) is 0 Å². The topological polar surface area (TPSA) is 116 Å². The Bertz CT molecular complexity index is 1760. The Morgan fingerprint density at radius 1 is 1.19 bits per heavy atom. The summed E-state index contributed by atoms with van der Waals surface area (Å²) >= 11 is 6.32. The van der Waals surface area contributed by atoms with Crippen LogP contribution in [0.25, 0.3) is 22.2 Å². The normalized spacial score (nSPS) is 18.4. The van der Waals surface area contributed by atoms with Crippen molar-refractivity contribution in [3.8, 4) is 22.8 Å². The third-order valence-corrected chi connectivity index (χ3v) is 9.21. The van der Waals surface area contributed by atoms with Crippen molar-refractivity contribution in [1.29, 1.82) is 0 Å². The van der Waals surface area contributed by atoms with Gasteiger partial charge in [0.2, 0.25) is 5.91 Å². The molecule has 0 bridgehead atoms. The maximum absolute atomic E-state index is 13.8. The van der Waals surface area contributed by atoms with Gasteiger partial charge in [0.15, 0.2) is 0 Å². The molecule has 1 aliphatic carbocycles. The third kappa shape index (κ3) is 5.16. The molecule has 2 aliphatic rings. The van der Waals surface area contributed by atoms with Crippen molar-refractivity contribution < 1.29 is 23.5 Å². The number of benzene rings is 2. The van der Waals surface area contributed by atoms with Gasteiger partial charge in [-0.05, 0) is 81.1 Å². The number of carbonyl (C=O) groups is 2. The molecule has 6 rings (SSSR count). The zero-order valence-corrected chi connectivity index (χ0v) is 24.9. The summed E-state index contributed by atoms with van der Waals surface area (Å²) in [6, 6.07) is 13.1. The van der Waals surface area contributed by atoms with Gasteiger partial charge >= 0.3 is 0 Å². The number of hydrogen-bond acceptors (Lipinski definition) is 6. The van der Waals surface area contributed by atoms with Gasteiger partial charge in [0, 0.05) is 40.2 Å². The van der Waals surface area contributed by atoms with Gasteiger partial charge in [0.05, 0.1) is 17.8 Å². The lowest BCUT2D eigenvalue weighted by atomic mass is 9.73. The Labute approximate surface area is 253 Å². The van der Waals surface area contributed by atoms with Crippen molar-refractivity contribution in [3.63, 3.8) is 0 Å². The van der Waals surface area contributed by atoms with Gasteiger partial charge in [0.25, 0.3) is 5.91 Å². The summed E-state index contributed by atoms with van der Waals surface area (Å²) in [6.45, 7) is 3.98. The molecule has 222 valence electrons. The van der Waals surface area contributed by atoms with E-state index >= 15 is 0 Å². The van der Waals surface area contributed by atoms with Crippen molar-refractivity contribution in [2.75, 3.05) is 20.3 Å². The van der Waals surface area contributed by atoms with E-state index in [1.807, 2.05) is 13.0 Å².